The van der Waals surface area contributed by atoms with Crippen LogP contribution in [0.4, 0.5) is 0 Å². The van der Waals surface area contributed by atoms with E-state index >= 15 is 0 Å². The maximum atomic E-state index is 12.3. The first-order valence-corrected chi connectivity index (χ1v) is 10.2. The Bertz CT molecular complexity index is 767. The number of aryl methyl sites for hydroxylation is 1. The standard InChI is InChI=1S/C18H27N3O3S/c1-5-14(4)15-8-10-16(11-9-15)25(22,23)19-12-6-7-17-20-18(13(2)3)21-24-17/h8-11,13-14,19H,5-7,12H2,1-4H3/t14-/m0/s1. The van der Waals surface area contributed by atoms with E-state index in [0.29, 0.717) is 41.9 Å². The molecule has 2 rings (SSSR count). The van der Waals surface area contributed by atoms with Crippen LogP contribution in [0.1, 0.15) is 69.7 Å². The average molecular weight is 365 g/mol. The van der Waals surface area contributed by atoms with Crippen LogP contribution in [0.3, 0.4) is 0 Å². The molecule has 1 heterocycles. The second kappa shape index (κ2) is 8.58. The Morgan fingerprint density at radius 3 is 2.40 bits per heavy atom. The quantitative estimate of drug-likeness (QED) is 0.686. The molecule has 0 unspecified atom stereocenters. The van der Waals surface area contributed by atoms with Crippen molar-refractivity contribution in [3.8, 4) is 0 Å². The molecule has 0 aliphatic heterocycles. The van der Waals surface area contributed by atoms with Gasteiger partial charge in [0, 0.05) is 18.9 Å². The van der Waals surface area contributed by atoms with Gasteiger partial charge in [-0.1, -0.05) is 45.0 Å². The van der Waals surface area contributed by atoms with E-state index in [2.05, 4.69) is 28.7 Å². The van der Waals surface area contributed by atoms with Gasteiger partial charge in [-0.3, -0.25) is 0 Å². The molecule has 0 radical (unpaired) electrons. The van der Waals surface area contributed by atoms with Gasteiger partial charge >= 0.3 is 0 Å². The number of sulfonamides is 1. The van der Waals surface area contributed by atoms with E-state index in [1.54, 1.807) is 12.1 Å². The van der Waals surface area contributed by atoms with Crippen LogP contribution < -0.4 is 4.72 Å². The highest BCUT2D eigenvalue weighted by atomic mass is 32.2. The summed E-state index contributed by atoms with van der Waals surface area (Å²) < 4.78 is 32.4. The second-order valence-electron chi connectivity index (χ2n) is 6.58. The fourth-order valence-corrected chi connectivity index (χ4v) is 3.42. The molecule has 0 aliphatic carbocycles. The van der Waals surface area contributed by atoms with E-state index in [9.17, 15) is 8.42 Å². The van der Waals surface area contributed by atoms with Gasteiger partial charge in [0.2, 0.25) is 15.9 Å². The average Bonchev–Trinajstić information content (AvgIpc) is 3.07. The zero-order chi connectivity index (χ0) is 18.4. The molecule has 6 nitrogen and oxygen atoms in total. The molecule has 0 saturated heterocycles. The number of nitrogens with one attached hydrogen (secondary N) is 1. The van der Waals surface area contributed by atoms with Gasteiger partial charge in [-0.25, -0.2) is 13.1 Å². The third-order valence-corrected chi connectivity index (χ3v) is 5.71. The summed E-state index contributed by atoms with van der Waals surface area (Å²) in [6, 6.07) is 7.09. The Kier molecular flexibility index (Phi) is 6.72. The van der Waals surface area contributed by atoms with E-state index in [-0.39, 0.29) is 5.92 Å². The van der Waals surface area contributed by atoms with Crippen LogP contribution in [0.25, 0.3) is 0 Å². The molecule has 7 heteroatoms. The molecule has 0 fully saturated rings. The third kappa shape index (κ3) is 5.37. The zero-order valence-electron chi connectivity index (χ0n) is 15.3. The second-order valence-corrected chi connectivity index (χ2v) is 8.35. The molecule has 0 aliphatic rings. The molecule has 0 bridgehead atoms. The van der Waals surface area contributed by atoms with Gasteiger partial charge in [-0.2, -0.15) is 4.98 Å². The van der Waals surface area contributed by atoms with Gasteiger partial charge in [0.05, 0.1) is 4.90 Å². The third-order valence-electron chi connectivity index (χ3n) is 4.23. The van der Waals surface area contributed by atoms with Crippen LogP contribution in [0.15, 0.2) is 33.7 Å². The normalized spacial score (nSPS) is 13.3. The van der Waals surface area contributed by atoms with Gasteiger partial charge in [0.1, 0.15) is 0 Å². The summed E-state index contributed by atoms with van der Waals surface area (Å²) in [5.41, 5.74) is 1.15. The Morgan fingerprint density at radius 1 is 1.16 bits per heavy atom. The minimum absolute atomic E-state index is 0.217. The van der Waals surface area contributed by atoms with Crippen molar-refractivity contribution in [3.05, 3.63) is 41.5 Å². The fourth-order valence-electron chi connectivity index (χ4n) is 2.34. The van der Waals surface area contributed by atoms with Crippen LogP contribution in [0.5, 0.6) is 0 Å². The lowest BCUT2D eigenvalue weighted by Gasteiger charge is -2.10. The highest BCUT2D eigenvalue weighted by molar-refractivity contribution is 7.89. The Hall–Kier alpha value is -1.73. The number of nitrogens with zero attached hydrogens (tertiary/aromatic N) is 2. The predicted molar refractivity (Wildman–Crippen MR) is 97.0 cm³/mol. The topological polar surface area (TPSA) is 85.1 Å². The smallest absolute Gasteiger partial charge is 0.240 e. The van der Waals surface area contributed by atoms with Crippen LogP contribution in [-0.2, 0) is 16.4 Å². The molecule has 1 N–H and O–H groups in total. The summed E-state index contributed by atoms with van der Waals surface area (Å²) in [7, 11) is -3.49. The summed E-state index contributed by atoms with van der Waals surface area (Å²) in [5.74, 6) is 1.86. The van der Waals surface area contributed by atoms with E-state index in [1.807, 2.05) is 26.0 Å². The van der Waals surface area contributed by atoms with Crippen LogP contribution in [0.2, 0.25) is 0 Å². The molecule has 25 heavy (non-hydrogen) atoms. The van der Waals surface area contributed by atoms with Crippen molar-refractivity contribution in [2.24, 2.45) is 0 Å². The predicted octanol–water partition coefficient (Wildman–Crippen LogP) is 3.62. The molecular weight excluding hydrogens is 338 g/mol. The Balaban J connectivity index is 1.86. The first-order valence-electron chi connectivity index (χ1n) is 8.75. The first-order chi connectivity index (χ1) is 11.8. The highest BCUT2D eigenvalue weighted by Crippen LogP contribution is 2.20. The number of aromatic nitrogens is 2. The molecule has 0 saturated carbocycles. The van der Waals surface area contributed by atoms with Crippen molar-refractivity contribution in [2.75, 3.05) is 6.54 Å². The molecule has 1 aromatic heterocycles. The maximum Gasteiger partial charge on any atom is 0.240 e. The Labute approximate surface area is 150 Å². The van der Waals surface area contributed by atoms with E-state index in [0.717, 1.165) is 12.0 Å². The van der Waals surface area contributed by atoms with Crippen LogP contribution in [0, 0.1) is 0 Å². The van der Waals surface area contributed by atoms with E-state index in [4.69, 9.17) is 4.52 Å². The zero-order valence-corrected chi connectivity index (χ0v) is 16.1. The molecule has 0 spiro atoms. The monoisotopic (exact) mass is 365 g/mol. The van der Waals surface area contributed by atoms with E-state index in [1.165, 1.54) is 0 Å². The summed E-state index contributed by atoms with van der Waals surface area (Å²) in [4.78, 5) is 4.57. The van der Waals surface area contributed by atoms with Crippen LogP contribution >= 0.6 is 0 Å². The minimum atomic E-state index is -3.49. The van der Waals surface area contributed by atoms with Crippen molar-refractivity contribution in [3.63, 3.8) is 0 Å². The lowest BCUT2D eigenvalue weighted by atomic mass is 9.99. The molecule has 138 valence electrons. The largest absolute Gasteiger partial charge is 0.339 e. The SMILES string of the molecule is CC[C@H](C)c1ccc(S(=O)(=O)NCCCc2nc(C(C)C)no2)cc1. The summed E-state index contributed by atoms with van der Waals surface area (Å²) in [6.07, 6.45) is 2.18. The van der Waals surface area contributed by atoms with Gasteiger partial charge in [-0.15, -0.1) is 0 Å². The Morgan fingerprint density at radius 2 is 1.84 bits per heavy atom. The van der Waals surface area contributed by atoms with Crippen molar-refractivity contribution in [2.45, 2.75) is 63.7 Å². The van der Waals surface area contributed by atoms with Gasteiger partial charge in [0.15, 0.2) is 5.82 Å². The lowest BCUT2D eigenvalue weighted by molar-refractivity contribution is 0.368. The molecular formula is C18H27N3O3S. The van der Waals surface area contributed by atoms with E-state index < -0.39 is 10.0 Å². The van der Waals surface area contributed by atoms with Crippen molar-refractivity contribution >= 4 is 10.0 Å². The summed E-state index contributed by atoms with van der Waals surface area (Å²) >= 11 is 0. The summed E-state index contributed by atoms with van der Waals surface area (Å²) in [6.45, 7) is 8.56. The van der Waals surface area contributed by atoms with Crippen molar-refractivity contribution < 1.29 is 12.9 Å². The fraction of sp³-hybridized carbons (Fsp3) is 0.556. The lowest BCUT2D eigenvalue weighted by Crippen LogP contribution is -2.25. The summed E-state index contributed by atoms with van der Waals surface area (Å²) in [5, 5.41) is 3.90. The molecule has 2 aromatic rings. The number of rotatable bonds is 9. The minimum Gasteiger partial charge on any atom is -0.339 e. The van der Waals surface area contributed by atoms with Gasteiger partial charge in [0.25, 0.3) is 0 Å². The first kappa shape index (κ1) is 19.6. The molecule has 1 aromatic carbocycles. The highest BCUT2D eigenvalue weighted by Gasteiger charge is 2.15. The number of hydrogen-bond acceptors (Lipinski definition) is 5. The van der Waals surface area contributed by atoms with Crippen molar-refractivity contribution in [1.29, 1.82) is 0 Å². The van der Waals surface area contributed by atoms with Crippen LogP contribution in [-0.4, -0.2) is 25.1 Å². The van der Waals surface area contributed by atoms with Gasteiger partial charge < -0.3 is 4.52 Å². The maximum absolute atomic E-state index is 12.3. The van der Waals surface area contributed by atoms with Gasteiger partial charge in [-0.05, 0) is 36.5 Å². The number of benzene rings is 1. The molecule has 0 amide bonds. The molecule has 1 atom stereocenters. The van der Waals surface area contributed by atoms with Crippen molar-refractivity contribution in [1.82, 2.24) is 14.9 Å². The number of hydrogen-bond donors (Lipinski definition) is 1.